The molecule has 0 atom stereocenters. The first-order valence-electron chi connectivity index (χ1n) is 6.39. The highest BCUT2D eigenvalue weighted by atomic mass is 19.1. The van der Waals surface area contributed by atoms with Gasteiger partial charge in [0.1, 0.15) is 5.82 Å². The van der Waals surface area contributed by atoms with Gasteiger partial charge in [0, 0.05) is 6.54 Å². The van der Waals surface area contributed by atoms with E-state index >= 15 is 0 Å². The van der Waals surface area contributed by atoms with Crippen LogP contribution in [-0.2, 0) is 0 Å². The van der Waals surface area contributed by atoms with Crippen molar-refractivity contribution in [2.24, 2.45) is 0 Å². The normalized spacial score (nSPS) is 19.4. The molecule has 1 nitrogen and oxygen atoms in total. The third-order valence-corrected chi connectivity index (χ3v) is 3.28. The molecule has 0 bridgehead atoms. The average Bonchev–Trinajstić information content (AvgIpc) is 2.59. The Morgan fingerprint density at radius 2 is 2.00 bits per heavy atom. The fourth-order valence-corrected chi connectivity index (χ4v) is 2.29. The van der Waals surface area contributed by atoms with Gasteiger partial charge in [-0.05, 0) is 43.5 Å². The van der Waals surface area contributed by atoms with E-state index in [1.807, 2.05) is 12.1 Å². The molecule has 1 heterocycles. The molecule has 0 N–H and O–H groups in total. The van der Waals surface area contributed by atoms with Gasteiger partial charge >= 0.3 is 0 Å². The van der Waals surface area contributed by atoms with Crippen molar-refractivity contribution < 1.29 is 4.39 Å². The van der Waals surface area contributed by atoms with Crippen LogP contribution in [0.15, 0.2) is 29.8 Å². The van der Waals surface area contributed by atoms with E-state index < -0.39 is 0 Å². The molecule has 1 aromatic rings. The molecule has 2 rings (SSSR count). The minimum atomic E-state index is -0.182. The van der Waals surface area contributed by atoms with Crippen LogP contribution in [0, 0.1) is 18.2 Å². The summed E-state index contributed by atoms with van der Waals surface area (Å²) < 4.78 is 12.8. The summed E-state index contributed by atoms with van der Waals surface area (Å²) in [6.07, 6.45) is 10.8. The molecule has 1 aliphatic heterocycles. The van der Waals surface area contributed by atoms with Crippen LogP contribution >= 0.6 is 0 Å². The van der Waals surface area contributed by atoms with Crippen LogP contribution in [0.1, 0.15) is 24.8 Å². The van der Waals surface area contributed by atoms with Gasteiger partial charge in [-0.25, -0.2) is 4.39 Å². The highest BCUT2D eigenvalue weighted by Gasteiger charge is 2.10. The number of likely N-dealkylation sites (tertiary alicyclic amines) is 1. The van der Waals surface area contributed by atoms with Crippen LogP contribution < -0.4 is 0 Å². The topological polar surface area (TPSA) is 3.24 Å². The van der Waals surface area contributed by atoms with Crippen LogP contribution in [-0.4, -0.2) is 24.5 Å². The fourth-order valence-electron chi connectivity index (χ4n) is 2.29. The lowest BCUT2D eigenvalue weighted by atomic mass is 10.0. The molecule has 0 spiro atoms. The van der Waals surface area contributed by atoms with Crippen molar-refractivity contribution in [2.45, 2.75) is 19.3 Å². The van der Waals surface area contributed by atoms with Gasteiger partial charge in [-0.2, -0.15) is 0 Å². The summed E-state index contributed by atoms with van der Waals surface area (Å²) in [7, 11) is 0. The maximum atomic E-state index is 12.8. The van der Waals surface area contributed by atoms with Crippen molar-refractivity contribution in [3.05, 3.63) is 41.2 Å². The Morgan fingerprint density at radius 1 is 1.22 bits per heavy atom. The molecule has 1 fully saturated rings. The molecule has 94 valence electrons. The van der Waals surface area contributed by atoms with Crippen LogP contribution in [0.2, 0.25) is 0 Å². The Kier molecular flexibility index (Phi) is 4.55. The molecule has 0 unspecified atom stereocenters. The fraction of sp³-hybridized carbons (Fsp3) is 0.375. The van der Waals surface area contributed by atoms with E-state index in [9.17, 15) is 4.39 Å². The van der Waals surface area contributed by atoms with Gasteiger partial charge in [0.25, 0.3) is 0 Å². The quantitative estimate of drug-likeness (QED) is 0.720. The van der Waals surface area contributed by atoms with E-state index in [1.165, 1.54) is 17.7 Å². The second kappa shape index (κ2) is 6.37. The number of rotatable bonds is 2. The van der Waals surface area contributed by atoms with Crippen molar-refractivity contribution in [3.63, 3.8) is 0 Å². The van der Waals surface area contributed by atoms with Crippen molar-refractivity contribution in [1.29, 1.82) is 0 Å². The van der Waals surface area contributed by atoms with Crippen LogP contribution in [0.4, 0.5) is 4.39 Å². The molecule has 1 saturated heterocycles. The monoisotopic (exact) mass is 243 g/mol. The average molecular weight is 243 g/mol. The van der Waals surface area contributed by atoms with Gasteiger partial charge in [0.05, 0.1) is 6.54 Å². The molecule has 1 aliphatic rings. The zero-order chi connectivity index (χ0) is 12.8. The number of terminal acetylenes is 1. The highest BCUT2D eigenvalue weighted by molar-refractivity contribution is 5.52. The standard InChI is InChI=1S/C16H18FN/c1-2-10-18-11-3-4-14(9-12-18)13-15-5-7-16(17)8-6-15/h1,5-8,13H,3-4,9-12H2/b14-13+. The smallest absolute Gasteiger partial charge is 0.123 e. The number of halogens is 1. The van der Waals surface area contributed by atoms with E-state index in [1.54, 1.807) is 0 Å². The minimum Gasteiger partial charge on any atom is -0.292 e. The second-order valence-corrected chi connectivity index (χ2v) is 4.69. The van der Waals surface area contributed by atoms with Gasteiger partial charge in [-0.3, -0.25) is 4.90 Å². The summed E-state index contributed by atoms with van der Waals surface area (Å²) in [6.45, 7) is 2.84. The van der Waals surface area contributed by atoms with Gasteiger partial charge in [0.2, 0.25) is 0 Å². The second-order valence-electron chi connectivity index (χ2n) is 4.69. The number of hydrogen-bond acceptors (Lipinski definition) is 1. The van der Waals surface area contributed by atoms with E-state index in [-0.39, 0.29) is 5.82 Å². The maximum Gasteiger partial charge on any atom is 0.123 e. The van der Waals surface area contributed by atoms with Crippen LogP contribution in [0.3, 0.4) is 0 Å². The summed E-state index contributed by atoms with van der Waals surface area (Å²) in [6, 6.07) is 6.67. The van der Waals surface area contributed by atoms with E-state index in [4.69, 9.17) is 6.42 Å². The molecule has 0 aromatic heterocycles. The van der Waals surface area contributed by atoms with Crippen molar-refractivity contribution >= 4 is 6.08 Å². The lowest BCUT2D eigenvalue weighted by molar-refractivity contribution is 0.322. The van der Waals surface area contributed by atoms with Crippen molar-refractivity contribution in [2.75, 3.05) is 19.6 Å². The summed E-state index contributed by atoms with van der Waals surface area (Å²) in [5.41, 5.74) is 2.51. The zero-order valence-corrected chi connectivity index (χ0v) is 10.5. The Bertz CT molecular complexity index is 453. The third kappa shape index (κ3) is 3.72. The lowest BCUT2D eigenvalue weighted by Gasteiger charge is -2.15. The molecule has 0 saturated carbocycles. The van der Waals surface area contributed by atoms with Crippen LogP contribution in [0.5, 0.6) is 0 Å². The number of hydrogen-bond donors (Lipinski definition) is 0. The Balaban J connectivity index is 2.01. The molecular weight excluding hydrogens is 225 g/mol. The summed E-state index contributed by atoms with van der Waals surface area (Å²) >= 11 is 0. The largest absolute Gasteiger partial charge is 0.292 e. The minimum absolute atomic E-state index is 0.182. The maximum absolute atomic E-state index is 12.8. The van der Waals surface area contributed by atoms with E-state index in [0.29, 0.717) is 0 Å². The first-order chi connectivity index (χ1) is 8.78. The Labute approximate surface area is 108 Å². The molecule has 2 heteroatoms. The summed E-state index contributed by atoms with van der Waals surface area (Å²) in [5.74, 6) is 2.52. The predicted octanol–water partition coefficient (Wildman–Crippen LogP) is 3.33. The predicted molar refractivity (Wildman–Crippen MR) is 73.5 cm³/mol. The van der Waals surface area contributed by atoms with E-state index in [2.05, 4.69) is 16.9 Å². The summed E-state index contributed by atoms with van der Waals surface area (Å²) in [5, 5.41) is 0. The van der Waals surface area contributed by atoms with Gasteiger partial charge in [-0.15, -0.1) is 6.42 Å². The SMILES string of the molecule is C#CCN1CCC/C(=C\c2ccc(F)cc2)CC1. The lowest BCUT2D eigenvalue weighted by Crippen LogP contribution is -2.24. The van der Waals surface area contributed by atoms with Gasteiger partial charge in [0.15, 0.2) is 0 Å². The van der Waals surface area contributed by atoms with Gasteiger partial charge in [-0.1, -0.05) is 29.7 Å². The Hall–Kier alpha value is -1.59. The molecule has 18 heavy (non-hydrogen) atoms. The molecular formula is C16H18FN. The highest BCUT2D eigenvalue weighted by Crippen LogP contribution is 2.19. The molecule has 1 aromatic carbocycles. The molecule has 0 amide bonds. The zero-order valence-electron chi connectivity index (χ0n) is 10.5. The Morgan fingerprint density at radius 3 is 2.72 bits per heavy atom. The van der Waals surface area contributed by atoms with E-state index in [0.717, 1.165) is 44.5 Å². The molecule has 0 radical (unpaired) electrons. The first-order valence-corrected chi connectivity index (χ1v) is 6.39. The van der Waals surface area contributed by atoms with Gasteiger partial charge < -0.3 is 0 Å². The van der Waals surface area contributed by atoms with Crippen LogP contribution in [0.25, 0.3) is 6.08 Å². The number of nitrogens with zero attached hydrogens (tertiary/aromatic N) is 1. The third-order valence-electron chi connectivity index (χ3n) is 3.28. The number of benzene rings is 1. The molecule has 0 aliphatic carbocycles. The van der Waals surface area contributed by atoms with Crippen molar-refractivity contribution in [3.8, 4) is 12.3 Å². The first kappa shape index (κ1) is 12.9. The summed E-state index contributed by atoms with van der Waals surface area (Å²) in [4.78, 5) is 2.31. The van der Waals surface area contributed by atoms with Crippen molar-refractivity contribution in [1.82, 2.24) is 4.90 Å².